The van der Waals surface area contributed by atoms with E-state index in [0.29, 0.717) is 13.0 Å². The average Bonchev–Trinajstić information content (AvgIpc) is 2.06. The average molecular weight is 218 g/mol. The van der Waals surface area contributed by atoms with E-state index in [2.05, 4.69) is 0 Å². The molecule has 4 nitrogen and oxygen atoms in total. The molecule has 88 valence electrons. The molecule has 0 aromatic rings. The first-order valence-electron chi connectivity index (χ1n) is 5.17. The molecule has 0 radical (unpaired) electrons. The maximum Gasteiger partial charge on any atom is 0.410 e. The Morgan fingerprint density at radius 2 is 2.13 bits per heavy atom. The monoisotopic (exact) mass is 218 g/mol. The van der Waals surface area contributed by atoms with E-state index in [-0.39, 0.29) is 6.54 Å². The third kappa shape index (κ3) is 3.66. The summed E-state index contributed by atoms with van der Waals surface area (Å²) in [5, 5.41) is 0. The van der Waals surface area contributed by atoms with E-state index >= 15 is 0 Å². The summed E-state index contributed by atoms with van der Waals surface area (Å²) in [7, 11) is 0. The standard InChI is InChI=1S/C10H19FN2O2/c1-10(2,3)15-9(14)13-5-4-7(11)8(12)6-13/h7-8H,4-6,12H2,1-3H3/t7-,8-/m0/s1. The molecule has 1 aliphatic rings. The second-order valence-corrected chi connectivity index (χ2v) is 4.89. The van der Waals surface area contributed by atoms with E-state index in [1.807, 2.05) is 0 Å². The van der Waals surface area contributed by atoms with Gasteiger partial charge in [-0.05, 0) is 27.2 Å². The normalized spacial score (nSPS) is 27.7. The molecule has 1 aliphatic heterocycles. The molecule has 0 aromatic carbocycles. The second kappa shape index (κ2) is 4.35. The molecule has 2 atom stereocenters. The number of carbonyl (C=O) groups is 1. The number of rotatable bonds is 0. The Labute approximate surface area is 89.6 Å². The number of alkyl halides is 1. The van der Waals surface area contributed by atoms with Crippen LogP contribution in [0, 0.1) is 0 Å². The summed E-state index contributed by atoms with van der Waals surface area (Å²) in [6.45, 7) is 6.01. The van der Waals surface area contributed by atoms with Crippen LogP contribution in [0.15, 0.2) is 0 Å². The third-order valence-electron chi connectivity index (χ3n) is 2.22. The zero-order chi connectivity index (χ0) is 11.6. The van der Waals surface area contributed by atoms with Crippen LogP contribution < -0.4 is 5.73 Å². The summed E-state index contributed by atoms with van der Waals surface area (Å²) in [5.74, 6) is 0. The number of carbonyl (C=O) groups excluding carboxylic acids is 1. The van der Waals surface area contributed by atoms with Crippen LogP contribution in [-0.2, 0) is 4.74 Å². The number of likely N-dealkylation sites (tertiary alicyclic amines) is 1. The fourth-order valence-electron chi connectivity index (χ4n) is 1.45. The highest BCUT2D eigenvalue weighted by atomic mass is 19.1. The number of ether oxygens (including phenoxy) is 1. The highest BCUT2D eigenvalue weighted by Crippen LogP contribution is 2.16. The number of nitrogens with zero attached hydrogens (tertiary/aromatic N) is 1. The highest BCUT2D eigenvalue weighted by Gasteiger charge is 2.31. The first-order valence-corrected chi connectivity index (χ1v) is 5.17. The van der Waals surface area contributed by atoms with Crippen LogP contribution in [0.5, 0.6) is 0 Å². The van der Waals surface area contributed by atoms with Crippen molar-refractivity contribution in [1.29, 1.82) is 0 Å². The number of hydrogen-bond acceptors (Lipinski definition) is 3. The summed E-state index contributed by atoms with van der Waals surface area (Å²) >= 11 is 0. The number of nitrogens with two attached hydrogens (primary N) is 1. The Bertz CT molecular complexity index is 240. The van der Waals surface area contributed by atoms with Crippen LogP contribution in [-0.4, -0.2) is 41.9 Å². The molecule has 0 aliphatic carbocycles. The van der Waals surface area contributed by atoms with Gasteiger partial charge in [-0.1, -0.05) is 0 Å². The lowest BCUT2D eigenvalue weighted by atomic mass is 10.1. The molecule has 5 heteroatoms. The zero-order valence-electron chi connectivity index (χ0n) is 9.50. The number of piperidine rings is 1. The first kappa shape index (κ1) is 12.2. The lowest BCUT2D eigenvalue weighted by molar-refractivity contribution is 0.0139. The SMILES string of the molecule is CC(C)(C)OC(=O)N1CC[C@H](F)[C@@H](N)C1. The molecule has 15 heavy (non-hydrogen) atoms. The Morgan fingerprint density at radius 3 is 2.60 bits per heavy atom. The van der Waals surface area contributed by atoms with Gasteiger partial charge >= 0.3 is 6.09 Å². The molecule has 0 aromatic heterocycles. The molecule has 0 spiro atoms. The van der Waals surface area contributed by atoms with Crippen LogP contribution >= 0.6 is 0 Å². The number of halogens is 1. The predicted molar refractivity (Wildman–Crippen MR) is 55.3 cm³/mol. The fraction of sp³-hybridized carbons (Fsp3) is 0.900. The second-order valence-electron chi connectivity index (χ2n) is 4.89. The lowest BCUT2D eigenvalue weighted by Crippen LogP contribution is -2.52. The minimum absolute atomic E-state index is 0.232. The van der Waals surface area contributed by atoms with Crippen molar-refractivity contribution in [1.82, 2.24) is 4.90 Å². The summed E-state index contributed by atoms with van der Waals surface area (Å²) in [5.41, 5.74) is 5.03. The molecule has 1 fully saturated rings. The summed E-state index contributed by atoms with van der Waals surface area (Å²) in [6.07, 6.45) is -1.13. The molecule has 1 amide bonds. The van der Waals surface area contributed by atoms with Crippen molar-refractivity contribution >= 4 is 6.09 Å². The van der Waals surface area contributed by atoms with Crippen LogP contribution in [0.4, 0.5) is 9.18 Å². The van der Waals surface area contributed by atoms with Gasteiger partial charge in [0.1, 0.15) is 11.8 Å². The van der Waals surface area contributed by atoms with Crippen molar-refractivity contribution in [2.75, 3.05) is 13.1 Å². The molecule has 1 heterocycles. The minimum atomic E-state index is -1.01. The lowest BCUT2D eigenvalue weighted by Gasteiger charge is -2.34. The van der Waals surface area contributed by atoms with Crippen LogP contribution in [0.2, 0.25) is 0 Å². The van der Waals surface area contributed by atoms with Gasteiger partial charge in [0.15, 0.2) is 0 Å². The van der Waals surface area contributed by atoms with E-state index in [9.17, 15) is 9.18 Å². The summed E-state index contributed by atoms with van der Waals surface area (Å²) in [4.78, 5) is 13.1. The van der Waals surface area contributed by atoms with Crippen molar-refractivity contribution in [3.8, 4) is 0 Å². The molecule has 1 saturated heterocycles. The molecule has 0 saturated carbocycles. The van der Waals surface area contributed by atoms with Gasteiger partial charge in [-0.15, -0.1) is 0 Å². The van der Waals surface area contributed by atoms with Gasteiger partial charge in [-0.2, -0.15) is 0 Å². The number of hydrogen-bond donors (Lipinski definition) is 1. The van der Waals surface area contributed by atoms with E-state index in [4.69, 9.17) is 10.5 Å². The fourth-order valence-corrected chi connectivity index (χ4v) is 1.45. The number of amides is 1. The molecule has 0 unspecified atom stereocenters. The maximum absolute atomic E-state index is 13.0. The topological polar surface area (TPSA) is 55.6 Å². The Balaban J connectivity index is 2.48. The van der Waals surface area contributed by atoms with Crippen LogP contribution in [0.25, 0.3) is 0 Å². The van der Waals surface area contributed by atoms with Crippen molar-refractivity contribution in [3.63, 3.8) is 0 Å². The molecule has 2 N–H and O–H groups in total. The Morgan fingerprint density at radius 1 is 1.53 bits per heavy atom. The quantitative estimate of drug-likeness (QED) is 0.666. The zero-order valence-corrected chi connectivity index (χ0v) is 9.50. The maximum atomic E-state index is 13.0. The molecule has 1 rings (SSSR count). The highest BCUT2D eigenvalue weighted by molar-refractivity contribution is 5.68. The van der Waals surface area contributed by atoms with Gasteiger partial charge in [-0.3, -0.25) is 0 Å². The smallest absolute Gasteiger partial charge is 0.410 e. The first-order chi connectivity index (χ1) is 6.79. The largest absolute Gasteiger partial charge is 0.444 e. The van der Waals surface area contributed by atoms with E-state index in [1.165, 1.54) is 4.90 Å². The van der Waals surface area contributed by atoms with Gasteiger partial charge in [0, 0.05) is 13.1 Å². The van der Waals surface area contributed by atoms with E-state index < -0.39 is 23.9 Å². The van der Waals surface area contributed by atoms with Crippen molar-refractivity contribution < 1.29 is 13.9 Å². The van der Waals surface area contributed by atoms with Crippen LogP contribution in [0.3, 0.4) is 0 Å². The van der Waals surface area contributed by atoms with Gasteiger partial charge in [-0.25, -0.2) is 9.18 Å². The summed E-state index contributed by atoms with van der Waals surface area (Å²) in [6, 6.07) is -0.591. The molecule has 0 bridgehead atoms. The van der Waals surface area contributed by atoms with E-state index in [1.54, 1.807) is 20.8 Å². The van der Waals surface area contributed by atoms with Crippen molar-refractivity contribution in [2.45, 2.75) is 45.0 Å². The molecular formula is C10H19FN2O2. The van der Waals surface area contributed by atoms with Crippen molar-refractivity contribution in [3.05, 3.63) is 0 Å². The minimum Gasteiger partial charge on any atom is -0.444 e. The van der Waals surface area contributed by atoms with Gasteiger partial charge < -0.3 is 15.4 Å². The Hall–Kier alpha value is -0.840. The molecular weight excluding hydrogens is 199 g/mol. The Kier molecular flexibility index (Phi) is 3.54. The van der Waals surface area contributed by atoms with Crippen LogP contribution in [0.1, 0.15) is 27.2 Å². The van der Waals surface area contributed by atoms with E-state index in [0.717, 1.165) is 0 Å². The van der Waals surface area contributed by atoms with Crippen molar-refractivity contribution in [2.24, 2.45) is 5.73 Å². The summed E-state index contributed by atoms with van der Waals surface area (Å²) < 4.78 is 18.2. The third-order valence-corrected chi connectivity index (χ3v) is 2.22. The van der Waals surface area contributed by atoms with Gasteiger partial charge in [0.2, 0.25) is 0 Å². The predicted octanol–water partition coefficient (Wildman–Crippen LogP) is 1.29. The van der Waals surface area contributed by atoms with Gasteiger partial charge in [0.25, 0.3) is 0 Å². The van der Waals surface area contributed by atoms with Gasteiger partial charge in [0.05, 0.1) is 6.04 Å².